The highest BCUT2D eigenvalue weighted by Crippen LogP contribution is 2.34. The average Bonchev–Trinajstić information content (AvgIpc) is 2.95. The van der Waals surface area contributed by atoms with E-state index in [1.807, 2.05) is 59.8 Å². The molecule has 0 spiro atoms. The highest BCUT2D eigenvalue weighted by Gasteiger charge is 2.36. The molecule has 4 heterocycles. The number of hydrogen-bond acceptors (Lipinski definition) is 4. The van der Waals surface area contributed by atoms with Gasteiger partial charge in [-0.1, -0.05) is 29.8 Å². The standard InChI is InChI=1S/C32H37ClN4O2/c33-26-5-3-24(4-6-26)25-11-14-37(15-12-25)32(38)36-27-7-9-30(10-8-27)39-31-19-28-17-23(18-29(20-31)35-28)16-22-2-1-13-34-21-22/h1-10,13,21,23,25,28-29,31,35H,11-12,14-20H2,(H,36,38)/t23?,28-,29+,31+. The van der Waals surface area contributed by atoms with Crippen LogP contribution in [0.15, 0.2) is 73.1 Å². The van der Waals surface area contributed by atoms with Gasteiger partial charge in [0.15, 0.2) is 0 Å². The van der Waals surface area contributed by atoms with E-state index in [2.05, 4.69) is 33.8 Å². The second kappa shape index (κ2) is 12.0. The van der Waals surface area contributed by atoms with Gasteiger partial charge in [0.05, 0.1) is 0 Å². The van der Waals surface area contributed by atoms with Crippen LogP contribution in [0.1, 0.15) is 55.6 Å². The average molecular weight is 545 g/mol. The van der Waals surface area contributed by atoms with E-state index in [-0.39, 0.29) is 12.1 Å². The topological polar surface area (TPSA) is 66.5 Å². The van der Waals surface area contributed by atoms with E-state index in [0.29, 0.717) is 23.9 Å². The van der Waals surface area contributed by atoms with Gasteiger partial charge in [-0.15, -0.1) is 0 Å². The van der Waals surface area contributed by atoms with Crippen LogP contribution in [0.5, 0.6) is 5.75 Å². The maximum atomic E-state index is 12.9. The molecule has 2 aromatic carbocycles. The molecule has 6 nitrogen and oxygen atoms in total. The number of likely N-dealkylation sites (tertiary alicyclic amines) is 1. The normalized spacial score (nSPS) is 25.2. The summed E-state index contributed by atoms with van der Waals surface area (Å²) in [6.07, 6.45) is 11.5. The molecule has 0 saturated carbocycles. The Kier molecular flexibility index (Phi) is 8.03. The number of pyridine rings is 1. The lowest BCUT2D eigenvalue weighted by Crippen LogP contribution is -2.54. The molecule has 3 aromatic rings. The fourth-order valence-electron chi connectivity index (χ4n) is 6.71. The third-order valence-corrected chi connectivity index (χ3v) is 8.83. The predicted molar refractivity (Wildman–Crippen MR) is 155 cm³/mol. The summed E-state index contributed by atoms with van der Waals surface area (Å²) in [4.78, 5) is 19.1. The van der Waals surface area contributed by atoms with Gasteiger partial charge in [-0.25, -0.2) is 4.79 Å². The van der Waals surface area contributed by atoms with E-state index in [0.717, 1.165) is 61.7 Å². The number of fused-ring (bicyclic) bond motifs is 2. The molecule has 204 valence electrons. The predicted octanol–water partition coefficient (Wildman–Crippen LogP) is 6.67. The number of halogens is 1. The van der Waals surface area contributed by atoms with Gasteiger partial charge in [0.1, 0.15) is 11.9 Å². The number of amides is 2. The number of urea groups is 1. The van der Waals surface area contributed by atoms with Gasteiger partial charge in [-0.2, -0.15) is 0 Å². The third-order valence-electron chi connectivity index (χ3n) is 8.58. The van der Waals surface area contributed by atoms with Crippen molar-refractivity contribution >= 4 is 23.3 Å². The number of benzene rings is 2. The Morgan fingerprint density at radius 2 is 1.69 bits per heavy atom. The Hall–Kier alpha value is -3.09. The van der Waals surface area contributed by atoms with Crippen LogP contribution in [0, 0.1) is 5.92 Å². The van der Waals surface area contributed by atoms with Crippen molar-refractivity contribution in [2.24, 2.45) is 5.92 Å². The maximum Gasteiger partial charge on any atom is 0.321 e. The minimum atomic E-state index is -0.0368. The molecule has 3 saturated heterocycles. The summed E-state index contributed by atoms with van der Waals surface area (Å²) in [5.74, 6) is 2.05. The lowest BCUT2D eigenvalue weighted by molar-refractivity contribution is 0.0741. The number of nitrogens with zero attached hydrogens (tertiary/aromatic N) is 2. The van der Waals surface area contributed by atoms with Gasteiger partial charge < -0.3 is 20.3 Å². The molecular formula is C32H37ClN4O2. The number of piperidine rings is 3. The lowest BCUT2D eigenvalue weighted by Gasteiger charge is -2.43. The second-order valence-electron chi connectivity index (χ2n) is 11.4. The first-order chi connectivity index (χ1) is 19.1. The fourth-order valence-corrected chi connectivity index (χ4v) is 6.83. The first kappa shape index (κ1) is 26.1. The van der Waals surface area contributed by atoms with Gasteiger partial charge in [-0.05, 0) is 110 Å². The molecule has 3 aliphatic rings. The van der Waals surface area contributed by atoms with Gasteiger partial charge in [0, 0.05) is 48.3 Å². The molecule has 1 aromatic heterocycles. The van der Waals surface area contributed by atoms with E-state index in [1.165, 1.54) is 24.0 Å². The molecule has 2 N–H and O–H groups in total. The van der Waals surface area contributed by atoms with Gasteiger partial charge in [-0.3, -0.25) is 4.98 Å². The largest absolute Gasteiger partial charge is 0.490 e. The molecule has 2 bridgehead atoms. The van der Waals surface area contributed by atoms with Crippen molar-refractivity contribution in [3.8, 4) is 5.75 Å². The van der Waals surface area contributed by atoms with Crippen LogP contribution in [-0.2, 0) is 6.42 Å². The Morgan fingerprint density at radius 1 is 0.974 bits per heavy atom. The Morgan fingerprint density at radius 3 is 2.36 bits per heavy atom. The summed E-state index contributed by atoms with van der Waals surface area (Å²) in [7, 11) is 0. The molecule has 3 fully saturated rings. The number of hydrogen-bond donors (Lipinski definition) is 2. The van der Waals surface area contributed by atoms with Crippen molar-refractivity contribution in [3.05, 3.63) is 89.2 Å². The molecule has 3 aliphatic heterocycles. The molecule has 0 radical (unpaired) electrons. The third kappa shape index (κ3) is 6.74. The van der Waals surface area contributed by atoms with Crippen molar-refractivity contribution in [1.82, 2.24) is 15.2 Å². The number of nitrogens with one attached hydrogen (secondary N) is 2. The van der Waals surface area contributed by atoms with Gasteiger partial charge >= 0.3 is 6.03 Å². The number of carbonyl (C=O) groups is 1. The highest BCUT2D eigenvalue weighted by molar-refractivity contribution is 6.30. The Bertz CT molecular complexity index is 1220. The van der Waals surface area contributed by atoms with Crippen molar-refractivity contribution < 1.29 is 9.53 Å². The lowest BCUT2D eigenvalue weighted by atomic mass is 9.77. The SMILES string of the molecule is O=C(Nc1ccc(O[C@H]2C[C@H]3CC(Cc4cccnc4)C[C@@H](C2)N3)cc1)N1CCC(c2ccc(Cl)cc2)CC1. The second-order valence-corrected chi connectivity index (χ2v) is 11.9. The van der Waals surface area contributed by atoms with E-state index < -0.39 is 0 Å². The van der Waals surface area contributed by atoms with Crippen molar-refractivity contribution in [2.45, 2.75) is 69.1 Å². The highest BCUT2D eigenvalue weighted by atomic mass is 35.5. The number of anilines is 1. The van der Waals surface area contributed by atoms with Gasteiger partial charge in [0.25, 0.3) is 0 Å². The zero-order chi connectivity index (χ0) is 26.6. The summed E-state index contributed by atoms with van der Waals surface area (Å²) in [6, 6.07) is 21.1. The van der Waals surface area contributed by atoms with E-state index in [9.17, 15) is 4.79 Å². The summed E-state index contributed by atoms with van der Waals surface area (Å²) < 4.78 is 6.40. The van der Waals surface area contributed by atoms with Crippen molar-refractivity contribution in [1.29, 1.82) is 0 Å². The van der Waals surface area contributed by atoms with Crippen LogP contribution in [-0.4, -0.2) is 47.2 Å². The molecule has 4 atom stereocenters. The van der Waals surface area contributed by atoms with Gasteiger partial charge in [0.2, 0.25) is 0 Å². The van der Waals surface area contributed by atoms with E-state index >= 15 is 0 Å². The van der Waals surface area contributed by atoms with Crippen LogP contribution in [0.2, 0.25) is 5.02 Å². The van der Waals surface area contributed by atoms with Crippen LogP contribution in [0.3, 0.4) is 0 Å². The minimum absolute atomic E-state index is 0.0368. The smallest absolute Gasteiger partial charge is 0.321 e. The molecule has 6 rings (SSSR count). The summed E-state index contributed by atoms with van der Waals surface area (Å²) in [5, 5.41) is 7.63. The molecular weight excluding hydrogens is 508 g/mol. The number of ether oxygens (including phenoxy) is 1. The summed E-state index contributed by atoms with van der Waals surface area (Å²) in [6.45, 7) is 1.50. The molecule has 1 unspecified atom stereocenters. The van der Waals surface area contributed by atoms with Crippen molar-refractivity contribution in [3.63, 3.8) is 0 Å². The monoisotopic (exact) mass is 544 g/mol. The number of rotatable bonds is 6. The zero-order valence-corrected chi connectivity index (χ0v) is 23.0. The Labute approximate surface area is 236 Å². The fraction of sp³-hybridized carbons (Fsp3) is 0.438. The minimum Gasteiger partial charge on any atom is -0.490 e. The van der Waals surface area contributed by atoms with Crippen molar-refractivity contribution in [2.75, 3.05) is 18.4 Å². The molecule has 39 heavy (non-hydrogen) atoms. The van der Waals surface area contributed by atoms with E-state index in [4.69, 9.17) is 16.3 Å². The van der Waals surface area contributed by atoms with Crippen LogP contribution in [0.4, 0.5) is 10.5 Å². The summed E-state index contributed by atoms with van der Waals surface area (Å²) >= 11 is 6.03. The quantitative estimate of drug-likeness (QED) is 0.364. The molecule has 7 heteroatoms. The Balaban J connectivity index is 0.957. The molecule has 2 amide bonds. The van der Waals surface area contributed by atoms with Crippen LogP contribution in [0.25, 0.3) is 0 Å². The summed E-state index contributed by atoms with van der Waals surface area (Å²) in [5.41, 5.74) is 3.44. The first-order valence-corrected chi connectivity index (χ1v) is 14.7. The van der Waals surface area contributed by atoms with E-state index in [1.54, 1.807) is 0 Å². The number of carbonyl (C=O) groups excluding carboxylic acids is 1. The zero-order valence-electron chi connectivity index (χ0n) is 22.3. The maximum absolute atomic E-state index is 12.9. The molecule has 0 aliphatic carbocycles. The number of aromatic nitrogens is 1. The van der Waals surface area contributed by atoms with Crippen LogP contribution < -0.4 is 15.4 Å². The first-order valence-electron chi connectivity index (χ1n) is 14.3. The van der Waals surface area contributed by atoms with Crippen LogP contribution >= 0.6 is 11.6 Å².